The minimum Gasteiger partial charge on any atom is -0.386 e. The van der Waals surface area contributed by atoms with Crippen LogP contribution in [-0.4, -0.2) is 5.11 Å². The van der Waals surface area contributed by atoms with E-state index < -0.39 is 12.1 Å². The topological polar surface area (TPSA) is 46.2 Å². The fourth-order valence-electron chi connectivity index (χ4n) is 1.82. The highest BCUT2D eigenvalue weighted by atomic mass is 35.5. The van der Waals surface area contributed by atoms with Crippen molar-refractivity contribution in [1.29, 1.82) is 0 Å². The number of halogens is 3. The zero-order valence-corrected chi connectivity index (χ0v) is 12.1. The fraction of sp³-hybridized carbons (Fsp3) is 0.143. The van der Waals surface area contributed by atoms with Crippen LogP contribution in [0.3, 0.4) is 0 Å². The molecule has 100 valence electrons. The molecule has 0 heterocycles. The molecular weight excluding hydrogens is 305 g/mol. The Labute approximate surface area is 126 Å². The van der Waals surface area contributed by atoms with Gasteiger partial charge in [-0.1, -0.05) is 46.9 Å². The molecule has 0 aliphatic heterocycles. The van der Waals surface area contributed by atoms with E-state index in [-0.39, 0.29) is 0 Å². The molecule has 3 N–H and O–H groups in total. The maximum atomic E-state index is 10.3. The number of hydrogen-bond acceptors (Lipinski definition) is 2. The summed E-state index contributed by atoms with van der Waals surface area (Å²) in [5, 5.41) is 11.8. The lowest BCUT2D eigenvalue weighted by Gasteiger charge is -2.20. The highest BCUT2D eigenvalue weighted by Crippen LogP contribution is 2.30. The number of hydrogen-bond donors (Lipinski definition) is 2. The zero-order chi connectivity index (χ0) is 14.0. The van der Waals surface area contributed by atoms with Crippen LogP contribution in [0.5, 0.6) is 0 Å². The molecule has 19 heavy (non-hydrogen) atoms. The smallest absolute Gasteiger partial charge is 0.0983 e. The summed E-state index contributed by atoms with van der Waals surface area (Å²) in [5.74, 6) is 0. The van der Waals surface area contributed by atoms with Crippen LogP contribution in [0.2, 0.25) is 15.1 Å². The van der Waals surface area contributed by atoms with E-state index in [4.69, 9.17) is 40.5 Å². The first-order valence-corrected chi connectivity index (χ1v) is 6.76. The molecule has 0 saturated heterocycles. The standard InChI is InChI=1S/C14H12Cl3NO/c15-10-3-1-8(2-4-10)13(18)14(19)9-5-11(16)7-12(17)6-9/h1-7,13-14,19H,18H2. The lowest BCUT2D eigenvalue weighted by molar-refractivity contribution is 0.147. The number of aliphatic hydroxyl groups is 1. The third-order valence-corrected chi connectivity index (χ3v) is 3.51. The van der Waals surface area contributed by atoms with Crippen molar-refractivity contribution in [3.05, 3.63) is 68.7 Å². The third kappa shape index (κ3) is 3.62. The van der Waals surface area contributed by atoms with E-state index in [1.54, 1.807) is 42.5 Å². The Hall–Kier alpha value is -0.770. The summed E-state index contributed by atoms with van der Waals surface area (Å²) in [6.45, 7) is 0. The molecular formula is C14H12Cl3NO. The first-order chi connectivity index (χ1) is 8.97. The Kier molecular flexibility index (Phi) is 4.71. The number of benzene rings is 2. The fourth-order valence-corrected chi connectivity index (χ4v) is 2.49. The molecule has 2 nitrogen and oxygen atoms in total. The lowest BCUT2D eigenvalue weighted by atomic mass is 9.97. The minimum atomic E-state index is -0.891. The average molecular weight is 317 g/mol. The van der Waals surface area contributed by atoms with E-state index in [0.717, 1.165) is 5.56 Å². The molecule has 2 atom stereocenters. The largest absolute Gasteiger partial charge is 0.386 e. The number of nitrogens with two attached hydrogens (primary N) is 1. The van der Waals surface area contributed by atoms with E-state index >= 15 is 0 Å². The van der Waals surface area contributed by atoms with Gasteiger partial charge in [-0.05, 0) is 41.5 Å². The second kappa shape index (κ2) is 6.12. The van der Waals surface area contributed by atoms with Crippen molar-refractivity contribution in [2.75, 3.05) is 0 Å². The Balaban J connectivity index is 2.27. The molecule has 0 radical (unpaired) electrons. The van der Waals surface area contributed by atoms with Crippen molar-refractivity contribution in [2.45, 2.75) is 12.1 Å². The average Bonchev–Trinajstić information content (AvgIpc) is 2.37. The number of aliphatic hydroxyl groups excluding tert-OH is 1. The molecule has 0 fully saturated rings. The Morgan fingerprint density at radius 1 is 0.789 bits per heavy atom. The third-order valence-electron chi connectivity index (χ3n) is 2.82. The Morgan fingerprint density at radius 3 is 1.84 bits per heavy atom. The summed E-state index contributed by atoms with van der Waals surface area (Å²) in [6, 6.07) is 11.3. The monoisotopic (exact) mass is 315 g/mol. The molecule has 0 saturated carbocycles. The quantitative estimate of drug-likeness (QED) is 0.882. The van der Waals surface area contributed by atoms with Gasteiger partial charge < -0.3 is 10.8 Å². The Morgan fingerprint density at radius 2 is 1.32 bits per heavy atom. The van der Waals surface area contributed by atoms with Gasteiger partial charge in [-0.15, -0.1) is 0 Å². The van der Waals surface area contributed by atoms with Crippen LogP contribution in [0.15, 0.2) is 42.5 Å². The maximum absolute atomic E-state index is 10.3. The summed E-state index contributed by atoms with van der Waals surface area (Å²) >= 11 is 17.6. The summed E-state index contributed by atoms with van der Waals surface area (Å²) < 4.78 is 0. The highest BCUT2D eigenvalue weighted by Gasteiger charge is 2.19. The van der Waals surface area contributed by atoms with Crippen molar-refractivity contribution >= 4 is 34.8 Å². The molecule has 0 bridgehead atoms. The second-order valence-corrected chi connectivity index (χ2v) is 5.53. The van der Waals surface area contributed by atoms with Crippen LogP contribution in [-0.2, 0) is 0 Å². The van der Waals surface area contributed by atoms with Crippen molar-refractivity contribution in [3.63, 3.8) is 0 Å². The predicted octanol–water partition coefficient (Wildman–Crippen LogP) is 4.38. The van der Waals surface area contributed by atoms with Crippen LogP contribution < -0.4 is 5.73 Å². The first-order valence-electron chi connectivity index (χ1n) is 5.62. The van der Waals surface area contributed by atoms with Gasteiger partial charge in [0.1, 0.15) is 0 Å². The second-order valence-electron chi connectivity index (χ2n) is 4.22. The van der Waals surface area contributed by atoms with Gasteiger partial charge in [0.25, 0.3) is 0 Å². The molecule has 2 rings (SSSR count). The van der Waals surface area contributed by atoms with Crippen molar-refractivity contribution in [2.24, 2.45) is 5.73 Å². The molecule has 2 unspecified atom stereocenters. The van der Waals surface area contributed by atoms with Gasteiger partial charge in [-0.2, -0.15) is 0 Å². The molecule has 5 heteroatoms. The molecule has 0 aliphatic rings. The molecule has 0 aliphatic carbocycles. The van der Waals surface area contributed by atoms with E-state index in [1.165, 1.54) is 0 Å². The van der Waals surface area contributed by atoms with Crippen LogP contribution in [0.1, 0.15) is 23.3 Å². The molecule has 0 aromatic heterocycles. The summed E-state index contributed by atoms with van der Waals surface area (Å²) in [5.41, 5.74) is 7.41. The van der Waals surface area contributed by atoms with Gasteiger partial charge in [0, 0.05) is 15.1 Å². The molecule has 2 aromatic carbocycles. The van der Waals surface area contributed by atoms with Crippen LogP contribution in [0.4, 0.5) is 0 Å². The van der Waals surface area contributed by atoms with Crippen molar-refractivity contribution < 1.29 is 5.11 Å². The zero-order valence-electron chi connectivity index (χ0n) is 9.85. The van der Waals surface area contributed by atoms with Gasteiger partial charge in [0.2, 0.25) is 0 Å². The van der Waals surface area contributed by atoms with Crippen LogP contribution >= 0.6 is 34.8 Å². The molecule has 0 amide bonds. The first kappa shape index (κ1) is 14.6. The molecule has 0 spiro atoms. The van der Waals surface area contributed by atoms with E-state index in [9.17, 15) is 5.11 Å². The van der Waals surface area contributed by atoms with Gasteiger partial charge in [0.05, 0.1) is 12.1 Å². The normalized spacial score (nSPS) is 14.2. The Bertz CT molecular complexity index is 551. The van der Waals surface area contributed by atoms with Gasteiger partial charge in [-0.25, -0.2) is 0 Å². The SMILES string of the molecule is NC(c1ccc(Cl)cc1)C(O)c1cc(Cl)cc(Cl)c1. The van der Waals surface area contributed by atoms with E-state index in [1.807, 2.05) is 0 Å². The summed E-state index contributed by atoms with van der Waals surface area (Å²) in [7, 11) is 0. The van der Waals surface area contributed by atoms with Crippen molar-refractivity contribution in [1.82, 2.24) is 0 Å². The van der Waals surface area contributed by atoms with Gasteiger partial charge >= 0.3 is 0 Å². The highest BCUT2D eigenvalue weighted by molar-refractivity contribution is 6.34. The van der Waals surface area contributed by atoms with Crippen LogP contribution in [0, 0.1) is 0 Å². The lowest BCUT2D eigenvalue weighted by Crippen LogP contribution is -2.19. The maximum Gasteiger partial charge on any atom is 0.0983 e. The van der Waals surface area contributed by atoms with Gasteiger partial charge in [0.15, 0.2) is 0 Å². The predicted molar refractivity (Wildman–Crippen MR) is 79.8 cm³/mol. The van der Waals surface area contributed by atoms with E-state index in [0.29, 0.717) is 20.6 Å². The van der Waals surface area contributed by atoms with Crippen LogP contribution in [0.25, 0.3) is 0 Å². The summed E-state index contributed by atoms with van der Waals surface area (Å²) in [4.78, 5) is 0. The molecule has 2 aromatic rings. The van der Waals surface area contributed by atoms with Gasteiger partial charge in [-0.3, -0.25) is 0 Å². The summed E-state index contributed by atoms with van der Waals surface area (Å²) in [6.07, 6.45) is -0.891. The minimum absolute atomic E-state index is 0.463. The number of rotatable bonds is 3. The van der Waals surface area contributed by atoms with Crippen molar-refractivity contribution in [3.8, 4) is 0 Å². The van der Waals surface area contributed by atoms with E-state index in [2.05, 4.69) is 0 Å².